The Balaban J connectivity index is 2.67. The Morgan fingerprint density at radius 1 is 1.26 bits per heavy atom. The zero-order valence-corrected chi connectivity index (χ0v) is 11.7. The van der Waals surface area contributed by atoms with Crippen LogP contribution in [0.3, 0.4) is 0 Å². The van der Waals surface area contributed by atoms with Gasteiger partial charge in [0, 0.05) is 43.4 Å². The molecule has 0 aromatic heterocycles. The molecule has 2 N–H and O–H groups in total. The fourth-order valence-electron chi connectivity index (χ4n) is 1.53. The van der Waals surface area contributed by atoms with E-state index in [9.17, 15) is 18.5 Å². The summed E-state index contributed by atoms with van der Waals surface area (Å²) >= 11 is 0. The lowest BCUT2D eigenvalue weighted by Gasteiger charge is -2.08. The van der Waals surface area contributed by atoms with E-state index in [4.69, 9.17) is 0 Å². The molecule has 0 bridgehead atoms. The van der Waals surface area contributed by atoms with Crippen LogP contribution < -0.4 is 10.6 Å². The minimum absolute atomic E-state index is 0.0162. The number of nitro groups is 1. The Labute approximate surface area is 112 Å². The number of rotatable bonds is 7. The van der Waals surface area contributed by atoms with E-state index in [0.717, 1.165) is 0 Å². The van der Waals surface area contributed by atoms with E-state index < -0.39 is 14.8 Å². The highest BCUT2D eigenvalue weighted by molar-refractivity contribution is 7.90. The summed E-state index contributed by atoms with van der Waals surface area (Å²) in [6, 6.07) is 4.58. The van der Waals surface area contributed by atoms with Crippen LogP contribution in [0.2, 0.25) is 0 Å². The lowest BCUT2D eigenvalue weighted by atomic mass is 10.2. The highest BCUT2D eigenvalue weighted by Gasteiger charge is 2.09. The van der Waals surface area contributed by atoms with Crippen LogP contribution in [0.1, 0.15) is 6.42 Å². The fraction of sp³-hybridized carbons (Fsp3) is 0.455. The van der Waals surface area contributed by atoms with Crippen LogP contribution in [0, 0.1) is 10.1 Å². The molecule has 1 rings (SSSR count). The van der Waals surface area contributed by atoms with Crippen LogP contribution in [0.5, 0.6) is 0 Å². The van der Waals surface area contributed by atoms with Crippen molar-refractivity contribution < 1.29 is 13.3 Å². The number of sulfone groups is 1. The van der Waals surface area contributed by atoms with Crippen molar-refractivity contribution >= 4 is 26.9 Å². The van der Waals surface area contributed by atoms with Crippen LogP contribution in [0.15, 0.2) is 18.2 Å². The average Bonchev–Trinajstić information content (AvgIpc) is 2.33. The molecular weight excluding hydrogens is 270 g/mol. The maximum Gasteiger partial charge on any atom is 0.273 e. The first-order valence-corrected chi connectivity index (χ1v) is 7.77. The molecule has 106 valence electrons. The molecule has 1 aromatic carbocycles. The zero-order chi connectivity index (χ0) is 14.5. The molecule has 0 amide bonds. The largest absolute Gasteiger partial charge is 0.388 e. The van der Waals surface area contributed by atoms with Crippen molar-refractivity contribution in [2.75, 3.05) is 36.2 Å². The van der Waals surface area contributed by atoms with Crippen LogP contribution in [-0.2, 0) is 9.84 Å². The third kappa shape index (κ3) is 5.56. The fourth-order valence-corrected chi connectivity index (χ4v) is 2.20. The summed E-state index contributed by atoms with van der Waals surface area (Å²) in [5, 5.41) is 16.6. The van der Waals surface area contributed by atoms with Crippen molar-refractivity contribution in [3.63, 3.8) is 0 Å². The molecule has 0 aliphatic rings. The van der Waals surface area contributed by atoms with E-state index in [1.807, 2.05) is 0 Å². The maximum atomic E-state index is 11.0. The highest BCUT2D eigenvalue weighted by Crippen LogP contribution is 2.23. The van der Waals surface area contributed by atoms with Gasteiger partial charge in [-0.05, 0) is 12.5 Å². The summed E-state index contributed by atoms with van der Waals surface area (Å²) in [5.41, 5.74) is 1.20. The first-order valence-electron chi connectivity index (χ1n) is 5.70. The molecule has 0 atom stereocenters. The standard InChI is InChI=1S/C11H17N3O4S/c1-12-9-6-10(8-11(7-9)14(15)16)13-4-3-5-19(2,17)18/h6-8,12-13H,3-5H2,1-2H3. The Morgan fingerprint density at radius 2 is 1.89 bits per heavy atom. The Kier molecular flexibility index (Phi) is 5.11. The molecule has 0 aliphatic carbocycles. The Morgan fingerprint density at radius 3 is 2.42 bits per heavy atom. The summed E-state index contributed by atoms with van der Waals surface area (Å²) in [7, 11) is -1.30. The number of nitrogens with zero attached hydrogens (tertiary/aromatic N) is 1. The monoisotopic (exact) mass is 287 g/mol. The number of anilines is 2. The summed E-state index contributed by atoms with van der Waals surface area (Å²) < 4.78 is 21.9. The predicted octanol–water partition coefficient (Wildman–Crippen LogP) is 1.48. The molecule has 0 aliphatic heterocycles. The van der Waals surface area contributed by atoms with Crippen molar-refractivity contribution in [2.24, 2.45) is 0 Å². The van der Waals surface area contributed by atoms with Gasteiger partial charge in [0.15, 0.2) is 0 Å². The molecular formula is C11H17N3O4S. The van der Waals surface area contributed by atoms with E-state index >= 15 is 0 Å². The molecule has 19 heavy (non-hydrogen) atoms. The second kappa shape index (κ2) is 6.37. The topological polar surface area (TPSA) is 101 Å². The van der Waals surface area contributed by atoms with E-state index in [1.54, 1.807) is 13.1 Å². The van der Waals surface area contributed by atoms with Gasteiger partial charge in [-0.15, -0.1) is 0 Å². The maximum absolute atomic E-state index is 11.0. The van der Waals surface area contributed by atoms with Gasteiger partial charge in [-0.2, -0.15) is 0 Å². The van der Waals surface area contributed by atoms with Crippen molar-refractivity contribution in [2.45, 2.75) is 6.42 Å². The van der Waals surface area contributed by atoms with E-state index in [-0.39, 0.29) is 11.4 Å². The van der Waals surface area contributed by atoms with Crippen molar-refractivity contribution in [3.8, 4) is 0 Å². The van der Waals surface area contributed by atoms with Crippen LogP contribution in [0.4, 0.5) is 17.1 Å². The SMILES string of the molecule is CNc1cc(NCCCS(C)(=O)=O)cc([N+](=O)[O-])c1. The van der Waals surface area contributed by atoms with Gasteiger partial charge in [0.2, 0.25) is 0 Å². The van der Waals surface area contributed by atoms with E-state index in [1.165, 1.54) is 18.4 Å². The lowest BCUT2D eigenvalue weighted by Crippen LogP contribution is -2.10. The lowest BCUT2D eigenvalue weighted by molar-refractivity contribution is -0.384. The van der Waals surface area contributed by atoms with Crippen molar-refractivity contribution in [3.05, 3.63) is 28.3 Å². The second-order valence-electron chi connectivity index (χ2n) is 4.19. The van der Waals surface area contributed by atoms with Gasteiger partial charge < -0.3 is 10.6 Å². The van der Waals surface area contributed by atoms with Crippen molar-refractivity contribution in [1.82, 2.24) is 0 Å². The molecule has 8 heteroatoms. The molecule has 1 aromatic rings. The summed E-state index contributed by atoms with van der Waals surface area (Å²) in [6.07, 6.45) is 1.63. The molecule has 0 fully saturated rings. The van der Waals surface area contributed by atoms with Crippen molar-refractivity contribution in [1.29, 1.82) is 0 Å². The zero-order valence-electron chi connectivity index (χ0n) is 10.8. The Bertz CT molecular complexity index is 557. The van der Waals surface area contributed by atoms with Gasteiger partial charge in [0.25, 0.3) is 5.69 Å². The van der Waals surface area contributed by atoms with Gasteiger partial charge in [0.1, 0.15) is 9.84 Å². The van der Waals surface area contributed by atoms with Gasteiger partial charge >= 0.3 is 0 Å². The minimum atomic E-state index is -2.97. The smallest absolute Gasteiger partial charge is 0.273 e. The van der Waals surface area contributed by atoms with Gasteiger partial charge in [-0.1, -0.05) is 0 Å². The van der Waals surface area contributed by atoms with Gasteiger partial charge in [-0.3, -0.25) is 10.1 Å². The van der Waals surface area contributed by atoms with E-state index in [2.05, 4.69) is 10.6 Å². The molecule has 0 spiro atoms. The van der Waals surface area contributed by atoms with Gasteiger partial charge in [0.05, 0.1) is 10.7 Å². The highest BCUT2D eigenvalue weighted by atomic mass is 32.2. The molecule has 0 radical (unpaired) electrons. The molecule has 0 saturated heterocycles. The quantitative estimate of drug-likeness (QED) is 0.447. The molecule has 7 nitrogen and oxygen atoms in total. The van der Waals surface area contributed by atoms with Gasteiger partial charge in [-0.25, -0.2) is 8.42 Å². The predicted molar refractivity (Wildman–Crippen MR) is 75.5 cm³/mol. The third-order valence-electron chi connectivity index (χ3n) is 2.44. The van der Waals surface area contributed by atoms with Crippen LogP contribution in [-0.4, -0.2) is 38.9 Å². The average molecular weight is 287 g/mol. The van der Waals surface area contributed by atoms with Crippen LogP contribution >= 0.6 is 0 Å². The number of hydrogen-bond acceptors (Lipinski definition) is 6. The first kappa shape index (κ1) is 15.2. The number of nitro benzene ring substituents is 1. The van der Waals surface area contributed by atoms with E-state index in [0.29, 0.717) is 24.3 Å². The normalized spacial score (nSPS) is 11.1. The third-order valence-corrected chi connectivity index (χ3v) is 3.47. The molecule has 0 unspecified atom stereocenters. The number of non-ortho nitro benzene ring substituents is 1. The number of benzene rings is 1. The number of nitrogens with one attached hydrogen (secondary N) is 2. The number of hydrogen-bond donors (Lipinski definition) is 2. The summed E-state index contributed by atoms with van der Waals surface area (Å²) in [4.78, 5) is 10.3. The molecule has 0 saturated carbocycles. The Hall–Kier alpha value is -1.83. The second-order valence-corrected chi connectivity index (χ2v) is 6.45. The van der Waals surface area contributed by atoms with Crippen LogP contribution in [0.25, 0.3) is 0 Å². The summed E-state index contributed by atoms with van der Waals surface area (Å²) in [5.74, 6) is 0.0911. The first-order chi connectivity index (χ1) is 8.81. The summed E-state index contributed by atoms with van der Waals surface area (Å²) in [6.45, 7) is 0.442. The minimum Gasteiger partial charge on any atom is -0.388 e. The molecule has 0 heterocycles.